The van der Waals surface area contributed by atoms with Gasteiger partial charge in [0.15, 0.2) is 11.0 Å². The van der Waals surface area contributed by atoms with Crippen molar-refractivity contribution in [3.63, 3.8) is 0 Å². The van der Waals surface area contributed by atoms with Crippen LogP contribution in [0.3, 0.4) is 0 Å². The van der Waals surface area contributed by atoms with Gasteiger partial charge in [0.2, 0.25) is 0 Å². The Labute approximate surface area is 105 Å². The van der Waals surface area contributed by atoms with E-state index in [1.54, 1.807) is 19.1 Å². The van der Waals surface area contributed by atoms with Gasteiger partial charge in [-0.25, -0.2) is 0 Å². The molecule has 0 saturated heterocycles. The lowest BCUT2D eigenvalue weighted by Gasteiger charge is -2.15. The summed E-state index contributed by atoms with van der Waals surface area (Å²) >= 11 is 5.76. The summed E-state index contributed by atoms with van der Waals surface area (Å²) < 4.78 is 0. The first-order valence-electron chi connectivity index (χ1n) is 5.23. The monoisotopic (exact) mass is 254 g/mol. The average Bonchev–Trinajstić information content (AvgIpc) is 2.35. The Balaban J connectivity index is 3.36. The van der Waals surface area contributed by atoms with Crippen molar-refractivity contribution in [2.24, 2.45) is 5.16 Å². The maximum absolute atomic E-state index is 11.8. The number of Topliss-reactive ketones (excluding diaryl/α,β-unsaturated/α-hetero) is 1. The molecule has 1 aromatic rings. The minimum Gasteiger partial charge on any atom is -0.410 e. The van der Waals surface area contributed by atoms with Crippen LogP contribution in [0, 0.1) is 0 Å². The standard InChI is InChI=1S/C12H15ClN2O2/c1-4-11(16)10-7-8(15(2)3)5-6-9(10)12(13)14-17/h5-7,17H,4H2,1-3H3. The van der Waals surface area contributed by atoms with Crippen LogP contribution in [-0.4, -0.2) is 30.3 Å². The number of anilines is 1. The molecule has 92 valence electrons. The van der Waals surface area contributed by atoms with Gasteiger partial charge < -0.3 is 10.1 Å². The largest absolute Gasteiger partial charge is 0.410 e. The Morgan fingerprint density at radius 1 is 1.41 bits per heavy atom. The maximum atomic E-state index is 11.8. The second-order valence-corrected chi connectivity index (χ2v) is 4.15. The highest BCUT2D eigenvalue weighted by atomic mass is 35.5. The second kappa shape index (κ2) is 5.68. The van der Waals surface area contributed by atoms with Gasteiger partial charge in [-0.05, 0) is 18.2 Å². The molecule has 17 heavy (non-hydrogen) atoms. The minimum absolute atomic E-state index is 0.0366. The quantitative estimate of drug-likeness (QED) is 0.389. The van der Waals surface area contributed by atoms with Crippen molar-refractivity contribution in [3.05, 3.63) is 29.3 Å². The highest BCUT2D eigenvalue weighted by molar-refractivity contribution is 6.70. The molecule has 0 heterocycles. The Hall–Kier alpha value is -1.55. The number of benzene rings is 1. The summed E-state index contributed by atoms with van der Waals surface area (Å²) in [6, 6.07) is 5.24. The van der Waals surface area contributed by atoms with E-state index in [0.717, 1.165) is 5.69 Å². The summed E-state index contributed by atoms with van der Waals surface area (Å²) in [5.74, 6) is -0.0366. The van der Waals surface area contributed by atoms with Crippen molar-refractivity contribution in [1.82, 2.24) is 0 Å². The fourth-order valence-corrected chi connectivity index (χ4v) is 1.63. The number of nitrogens with zero attached hydrogens (tertiary/aromatic N) is 2. The fraction of sp³-hybridized carbons (Fsp3) is 0.333. The molecule has 0 radical (unpaired) electrons. The highest BCUT2D eigenvalue weighted by Crippen LogP contribution is 2.21. The van der Waals surface area contributed by atoms with Crippen molar-refractivity contribution < 1.29 is 10.0 Å². The van der Waals surface area contributed by atoms with Crippen LogP contribution in [0.1, 0.15) is 29.3 Å². The molecule has 0 bridgehead atoms. The van der Waals surface area contributed by atoms with Gasteiger partial charge in [-0.1, -0.05) is 23.7 Å². The summed E-state index contributed by atoms with van der Waals surface area (Å²) in [6.45, 7) is 1.78. The normalized spacial score (nSPS) is 11.4. The topological polar surface area (TPSA) is 52.9 Å². The maximum Gasteiger partial charge on any atom is 0.176 e. The Morgan fingerprint density at radius 2 is 2.06 bits per heavy atom. The van der Waals surface area contributed by atoms with E-state index in [1.165, 1.54) is 0 Å². The molecule has 0 aliphatic heterocycles. The molecule has 0 fully saturated rings. The third-order valence-electron chi connectivity index (χ3n) is 2.45. The summed E-state index contributed by atoms with van der Waals surface area (Å²) in [4.78, 5) is 13.7. The number of rotatable bonds is 4. The number of hydrogen-bond acceptors (Lipinski definition) is 4. The molecule has 5 heteroatoms. The van der Waals surface area contributed by atoms with Gasteiger partial charge in [-0.2, -0.15) is 0 Å². The zero-order valence-corrected chi connectivity index (χ0v) is 10.8. The van der Waals surface area contributed by atoms with Gasteiger partial charge in [0, 0.05) is 37.3 Å². The van der Waals surface area contributed by atoms with Crippen molar-refractivity contribution in [3.8, 4) is 0 Å². The fourth-order valence-electron chi connectivity index (χ4n) is 1.47. The number of ketones is 1. The summed E-state index contributed by atoms with van der Waals surface area (Å²) in [5, 5.41) is 11.5. The van der Waals surface area contributed by atoms with Crippen LogP contribution in [0.2, 0.25) is 0 Å². The van der Waals surface area contributed by atoms with E-state index < -0.39 is 0 Å². The second-order valence-electron chi connectivity index (χ2n) is 3.79. The van der Waals surface area contributed by atoms with Crippen LogP contribution >= 0.6 is 11.6 Å². The minimum atomic E-state index is -0.0768. The first-order chi connectivity index (χ1) is 8.01. The van der Waals surface area contributed by atoms with Crippen molar-refractivity contribution in [2.45, 2.75) is 13.3 Å². The van der Waals surface area contributed by atoms with E-state index >= 15 is 0 Å². The highest BCUT2D eigenvalue weighted by Gasteiger charge is 2.14. The van der Waals surface area contributed by atoms with Gasteiger partial charge in [0.05, 0.1) is 0 Å². The molecule has 0 aliphatic rings. The van der Waals surface area contributed by atoms with Crippen molar-refractivity contribution in [2.75, 3.05) is 19.0 Å². The van der Waals surface area contributed by atoms with Gasteiger partial charge >= 0.3 is 0 Å². The Kier molecular flexibility index (Phi) is 4.52. The molecule has 1 rings (SSSR count). The molecule has 1 N–H and O–H groups in total. The summed E-state index contributed by atoms with van der Waals surface area (Å²) in [6.07, 6.45) is 0.374. The smallest absolute Gasteiger partial charge is 0.176 e. The van der Waals surface area contributed by atoms with E-state index in [0.29, 0.717) is 17.5 Å². The number of oxime groups is 1. The van der Waals surface area contributed by atoms with Gasteiger partial charge in [0.1, 0.15) is 0 Å². The van der Waals surface area contributed by atoms with Crippen molar-refractivity contribution >= 4 is 28.2 Å². The lowest BCUT2D eigenvalue weighted by Crippen LogP contribution is -2.12. The molecular formula is C12H15ClN2O2. The SMILES string of the molecule is CCC(=O)c1cc(N(C)C)ccc1C(Cl)=NO. The molecule has 0 unspecified atom stereocenters. The number of carbonyl (C=O) groups excluding carboxylic acids is 1. The Morgan fingerprint density at radius 3 is 2.53 bits per heavy atom. The predicted molar refractivity (Wildman–Crippen MR) is 69.6 cm³/mol. The molecular weight excluding hydrogens is 240 g/mol. The lowest BCUT2D eigenvalue weighted by molar-refractivity contribution is 0.0988. The van der Waals surface area contributed by atoms with Crippen LogP contribution in [0.25, 0.3) is 0 Å². The number of hydrogen-bond donors (Lipinski definition) is 1. The molecule has 0 aromatic heterocycles. The predicted octanol–water partition coefficient (Wildman–Crippen LogP) is 2.72. The van der Waals surface area contributed by atoms with E-state index in [4.69, 9.17) is 16.8 Å². The molecule has 1 aromatic carbocycles. The molecule has 0 aliphatic carbocycles. The van der Waals surface area contributed by atoms with Crippen LogP contribution in [-0.2, 0) is 0 Å². The Bertz CT molecular complexity index is 456. The molecule has 0 atom stereocenters. The third-order valence-corrected chi connectivity index (χ3v) is 2.73. The van der Waals surface area contributed by atoms with E-state index in [9.17, 15) is 4.79 Å². The van der Waals surface area contributed by atoms with Crippen LogP contribution in [0.5, 0.6) is 0 Å². The zero-order chi connectivity index (χ0) is 13.0. The van der Waals surface area contributed by atoms with E-state index in [2.05, 4.69) is 5.16 Å². The first-order valence-corrected chi connectivity index (χ1v) is 5.61. The molecule has 4 nitrogen and oxygen atoms in total. The van der Waals surface area contributed by atoms with Crippen LogP contribution < -0.4 is 4.90 Å². The molecule has 0 amide bonds. The summed E-state index contributed by atoms with van der Waals surface area (Å²) in [5.41, 5.74) is 1.82. The van der Waals surface area contributed by atoms with Gasteiger partial charge in [0.25, 0.3) is 0 Å². The van der Waals surface area contributed by atoms with Crippen LogP contribution in [0.15, 0.2) is 23.4 Å². The van der Waals surface area contributed by atoms with E-state index in [1.807, 2.05) is 25.1 Å². The van der Waals surface area contributed by atoms with Gasteiger partial charge in [-0.3, -0.25) is 4.79 Å². The van der Waals surface area contributed by atoms with E-state index in [-0.39, 0.29) is 11.0 Å². The van der Waals surface area contributed by atoms with Crippen LogP contribution in [0.4, 0.5) is 5.69 Å². The van der Waals surface area contributed by atoms with Crippen molar-refractivity contribution in [1.29, 1.82) is 0 Å². The number of carbonyl (C=O) groups is 1. The first kappa shape index (κ1) is 13.5. The molecule has 0 saturated carbocycles. The summed E-state index contributed by atoms with van der Waals surface area (Å²) in [7, 11) is 3.77. The molecule has 0 spiro atoms. The average molecular weight is 255 g/mol. The zero-order valence-electron chi connectivity index (χ0n) is 10.1. The lowest BCUT2D eigenvalue weighted by atomic mass is 10.0. The third kappa shape index (κ3) is 2.97. The van der Waals surface area contributed by atoms with Gasteiger partial charge in [-0.15, -0.1) is 0 Å². The number of halogens is 1.